The van der Waals surface area contributed by atoms with Gasteiger partial charge in [-0.1, -0.05) is 13.0 Å². The zero-order valence-electron chi connectivity index (χ0n) is 11.1. The van der Waals surface area contributed by atoms with Gasteiger partial charge in [-0.15, -0.1) is 12.4 Å². The maximum atomic E-state index is 11.8. The molecule has 0 fully saturated rings. The summed E-state index contributed by atoms with van der Waals surface area (Å²) < 4.78 is 0. The van der Waals surface area contributed by atoms with E-state index >= 15 is 0 Å². The molecule has 0 bridgehead atoms. The Balaban J connectivity index is 0.00000289. The van der Waals surface area contributed by atoms with Crippen LogP contribution in [0.1, 0.15) is 19.0 Å². The van der Waals surface area contributed by atoms with Crippen molar-refractivity contribution >= 4 is 18.3 Å². The van der Waals surface area contributed by atoms with Crippen LogP contribution in [0.4, 0.5) is 0 Å². The van der Waals surface area contributed by atoms with Crippen LogP contribution in [0.2, 0.25) is 0 Å². The van der Waals surface area contributed by atoms with Crippen molar-refractivity contribution in [1.29, 1.82) is 0 Å². The Morgan fingerprint density at radius 1 is 1.39 bits per heavy atom. The highest BCUT2D eigenvalue weighted by Crippen LogP contribution is 1.99. The lowest BCUT2D eigenvalue weighted by atomic mass is 10.2. The average Bonchev–Trinajstić information content (AvgIpc) is 2.36. The fourth-order valence-electron chi connectivity index (χ4n) is 1.69. The zero-order chi connectivity index (χ0) is 12.5. The molecule has 4 nitrogen and oxygen atoms in total. The minimum absolute atomic E-state index is 0. The van der Waals surface area contributed by atoms with Crippen LogP contribution in [0.5, 0.6) is 0 Å². The van der Waals surface area contributed by atoms with E-state index < -0.39 is 0 Å². The topological polar surface area (TPSA) is 45.2 Å². The SMILES string of the molecule is CCCN(CCc1ccccn1)C(=O)CNC.Cl. The Morgan fingerprint density at radius 2 is 2.17 bits per heavy atom. The van der Waals surface area contributed by atoms with Crippen LogP contribution < -0.4 is 5.32 Å². The lowest BCUT2D eigenvalue weighted by Crippen LogP contribution is -2.39. The third-order valence-electron chi connectivity index (χ3n) is 2.54. The van der Waals surface area contributed by atoms with E-state index in [1.165, 1.54) is 0 Å². The summed E-state index contributed by atoms with van der Waals surface area (Å²) in [5, 5.41) is 2.90. The first kappa shape index (κ1) is 16.9. The van der Waals surface area contributed by atoms with Crippen molar-refractivity contribution in [3.05, 3.63) is 30.1 Å². The number of likely N-dealkylation sites (N-methyl/N-ethyl adjacent to an activating group) is 1. The number of nitrogens with one attached hydrogen (secondary N) is 1. The van der Waals surface area contributed by atoms with Gasteiger partial charge in [0.05, 0.1) is 6.54 Å². The van der Waals surface area contributed by atoms with Crippen LogP contribution >= 0.6 is 12.4 Å². The standard InChI is InChI=1S/C13H21N3O.ClH/c1-3-9-16(13(17)11-14-2)10-7-12-6-4-5-8-15-12;/h4-6,8,14H,3,7,9-11H2,1-2H3;1H. The largest absolute Gasteiger partial charge is 0.341 e. The molecule has 1 aromatic heterocycles. The molecule has 18 heavy (non-hydrogen) atoms. The predicted molar refractivity (Wildman–Crippen MR) is 76.0 cm³/mol. The summed E-state index contributed by atoms with van der Waals surface area (Å²) >= 11 is 0. The van der Waals surface area contributed by atoms with Crippen molar-refractivity contribution in [1.82, 2.24) is 15.2 Å². The quantitative estimate of drug-likeness (QED) is 0.818. The van der Waals surface area contributed by atoms with E-state index in [2.05, 4.69) is 17.2 Å². The molecule has 0 aliphatic rings. The Bertz CT molecular complexity index is 332. The second-order valence-corrected chi connectivity index (χ2v) is 3.98. The van der Waals surface area contributed by atoms with E-state index in [0.29, 0.717) is 6.54 Å². The number of nitrogens with zero attached hydrogens (tertiary/aromatic N) is 2. The van der Waals surface area contributed by atoms with Gasteiger partial charge in [-0.05, 0) is 25.6 Å². The monoisotopic (exact) mass is 271 g/mol. The minimum atomic E-state index is 0. The third-order valence-corrected chi connectivity index (χ3v) is 2.54. The summed E-state index contributed by atoms with van der Waals surface area (Å²) in [6.07, 6.45) is 3.59. The van der Waals surface area contributed by atoms with Gasteiger partial charge in [0.15, 0.2) is 0 Å². The van der Waals surface area contributed by atoms with Crippen LogP contribution in [0.15, 0.2) is 24.4 Å². The van der Waals surface area contributed by atoms with E-state index in [4.69, 9.17) is 0 Å². The highest BCUT2D eigenvalue weighted by atomic mass is 35.5. The summed E-state index contributed by atoms with van der Waals surface area (Å²) in [5.41, 5.74) is 1.03. The van der Waals surface area contributed by atoms with Crippen LogP contribution in [-0.4, -0.2) is 42.5 Å². The average molecular weight is 272 g/mol. The van der Waals surface area contributed by atoms with Gasteiger partial charge in [-0.25, -0.2) is 0 Å². The molecular weight excluding hydrogens is 250 g/mol. The molecule has 0 spiro atoms. The minimum Gasteiger partial charge on any atom is -0.341 e. The van der Waals surface area contributed by atoms with Gasteiger partial charge in [-0.2, -0.15) is 0 Å². The molecule has 0 saturated carbocycles. The maximum Gasteiger partial charge on any atom is 0.236 e. The summed E-state index contributed by atoms with van der Waals surface area (Å²) in [6.45, 7) is 4.04. The molecule has 0 aliphatic heterocycles. The molecule has 0 radical (unpaired) electrons. The highest BCUT2D eigenvalue weighted by molar-refractivity contribution is 5.85. The van der Waals surface area contributed by atoms with Crippen LogP contribution in [0, 0.1) is 0 Å². The summed E-state index contributed by atoms with van der Waals surface area (Å²) in [7, 11) is 1.79. The molecular formula is C13H22ClN3O. The van der Waals surface area contributed by atoms with Crippen LogP contribution in [0.3, 0.4) is 0 Å². The van der Waals surface area contributed by atoms with Gasteiger partial charge in [-0.3, -0.25) is 9.78 Å². The smallest absolute Gasteiger partial charge is 0.236 e. The Kier molecular flexibility index (Phi) is 9.24. The van der Waals surface area contributed by atoms with Gasteiger partial charge >= 0.3 is 0 Å². The van der Waals surface area contributed by atoms with Crippen molar-refractivity contribution in [2.24, 2.45) is 0 Å². The second kappa shape index (κ2) is 9.85. The van der Waals surface area contributed by atoms with Crippen LogP contribution in [0.25, 0.3) is 0 Å². The van der Waals surface area contributed by atoms with Crippen LogP contribution in [-0.2, 0) is 11.2 Å². The van der Waals surface area contributed by atoms with E-state index in [-0.39, 0.29) is 18.3 Å². The predicted octanol–water partition coefficient (Wildman–Crippen LogP) is 1.50. The van der Waals surface area contributed by atoms with Crippen molar-refractivity contribution < 1.29 is 4.79 Å². The van der Waals surface area contributed by atoms with Crippen molar-refractivity contribution in [2.75, 3.05) is 26.7 Å². The molecule has 1 N–H and O–H groups in total. The van der Waals surface area contributed by atoms with Crippen molar-refractivity contribution in [2.45, 2.75) is 19.8 Å². The summed E-state index contributed by atoms with van der Waals surface area (Å²) in [5.74, 6) is 0.158. The molecule has 0 atom stereocenters. The molecule has 0 saturated heterocycles. The van der Waals surface area contributed by atoms with E-state index in [1.54, 1.807) is 13.2 Å². The second-order valence-electron chi connectivity index (χ2n) is 3.98. The van der Waals surface area contributed by atoms with Crippen molar-refractivity contribution in [3.63, 3.8) is 0 Å². The summed E-state index contributed by atoms with van der Waals surface area (Å²) in [4.78, 5) is 18.0. The van der Waals surface area contributed by atoms with E-state index in [1.807, 2.05) is 23.1 Å². The summed E-state index contributed by atoms with van der Waals surface area (Å²) in [6, 6.07) is 5.87. The lowest BCUT2D eigenvalue weighted by molar-refractivity contribution is -0.130. The van der Waals surface area contributed by atoms with Gasteiger partial charge in [0.1, 0.15) is 0 Å². The number of rotatable bonds is 7. The van der Waals surface area contributed by atoms with Gasteiger partial charge < -0.3 is 10.2 Å². The first-order valence-electron chi connectivity index (χ1n) is 6.10. The number of hydrogen-bond acceptors (Lipinski definition) is 3. The Hall–Kier alpha value is -1.13. The molecule has 1 rings (SSSR count). The van der Waals surface area contributed by atoms with Gasteiger partial charge in [0.2, 0.25) is 5.91 Å². The molecule has 1 heterocycles. The number of pyridine rings is 1. The third kappa shape index (κ3) is 5.98. The number of carbonyl (C=O) groups is 1. The maximum absolute atomic E-state index is 11.8. The van der Waals surface area contributed by atoms with E-state index in [9.17, 15) is 4.79 Å². The molecule has 5 heteroatoms. The molecule has 0 unspecified atom stereocenters. The number of carbonyl (C=O) groups excluding carboxylic acids is 1. The van der Waals surface area contributed by atoms with Gasteiger partial charge in [0, 0.05) is 31.4 Å². The fourth-order valence-corrected chi connectivity index (χ4v) is 1.69. The molecule has 1 amide bonds. The lowest BCUT2D eigenvalue weighted by Gasteiger charge is -2.21. The van der Waals surface area contributed by atoms with Gasteiger partial charge in [0.25, 0.3) is 0 Å². The fraction of sp³-hybridized carbons (Fsp3) is 0.538. The zero-order valence-corrected chi connectivity index (χ0v) is 11.9. The number of amides is 1. The first-order chi connectivity index (χ1) is 8.27. The molecule has 0 aliphatic carbocycles. The Morgan fingerprint density at radius 3 is 2.72 bits per heavy atom. The molecule has 0 aromatic carbocycles. The molecule has 1 aromatic rings. The number of aromatic nitrogens is 1. The first-order valence-corrected chi connectivity index (χ1v) is 6.10. The van der Waals surface area contributed by atoms with Crippen molar-refractivity contribution in [3.8, 4) is 0 Å². The number of hydrogen-bond donors (Lipinski definition) is 1. The Labute approximate surface area is 115 Å². The normalized spacial score (nSPS) is 9.67. The number of halogens is 1. The highest BCUT2D eigenvalue weighted by Gasteiger charge is 2.11. The molecule has 102 valence electrons. The van der Waals surface area contributed by atoms with E-state index in [0.717, 1.165) is 31.6 Å².